The number of amides is 2. The summed E-state index contributed by atoms with van der Waals surface area (Å²) in [5.41, 5.74) is 4.97. The third-order valence-corrected chi connectivity index (χ3v) is 3.28. The molecule has 7 heteroatoms. The maximum absolute atomic E-state index is 11.9. The number of benzene rings is 1. The number of carbonyl (C=O) groups is 2. The first kappa shape index (κ1) is 15.8. The van der Waals surface area contributed by atoms with Crippen LogP contribution in [0.5, 0.6) is 5.75 Å². The zero-order valence-electron chi connectivity index (χ0n) is 11.6. The van der Waals surface area contributed by atoms with Gasteiger partial charge in [-0.05, 0) is 52.3 Å². The fourth-order valence-corrected chi connectivity index (χ4v) is 2.12. The monoisotopic (exact) mass is 364 g/mol. The van der Waals surface area contributed by atoms with Crippen LogP contribution in [0.4, 0.5) is 0 Å². The van der Waals surface area contributed by atoms with Crippen molar-refractivity contribution in [2.24, 2.45) is 0 Å². The largest absolute Gasteiger partial charge is 0.496 e. The lowest BCUT2D eigenvalue weighted by molar-refractivity contribution is -0.117. The van der Waals surface area contributed by atoms with Crippen molar-refractivity contribution in [2.75, 3.05) is 7.11 Å². The summed E-state index contributed by atoms with van der Waals surface area (Å²) in [6, 6.07) is 8.25. The first-order chi connectivity index (χ1) is 10.6. The fraction of sp³-hybridized carbons (Fsp3) is 0.0667. The molecule has 0 saturated carbocycles. The standard InChI is InChI=1S/C15H13BrN2O4/c1-21-13-6-4-10(9-12(13)16)15(20)18-17-14(19)7-5-11-3-2-8-22-11/h2-9H,1H3,(H,17,19)(H,18,20). The van der Waals surface area contributed by atoms with Crippen molar-refractivity contribution < 1.29 is 18.7 Å². The highest BCUT2D eigenvalue weighted by Gasteiger charge is 2.09. The topological polar surface area (TPSA) is 80.6 Å². The fourth-order valence-electron chi connectivity index (χ4n) is 1.58. The molecule has 0 unspecified atom stereocenters. The van der Waals surface area contributed by atoms with Crippen molar-refractivity contribution in [3.63, 3.8) is 0 Å². The molecule has 0 saturated heterocycles. The molecule has 0 aliphatic rings. The molecule has 1 heterocycles. The van der Waals surface area contributed by atoms with E-state index in [1.807, 2.05) is 0 Å². The number of methoxy groups -OCH3 is 1. The Morgan fingerprint density at radius 3 is 2.73 bits per heavy atom. The summed E-state index contributed by atoms with van der Waals surface area (Å²) in [5, 5.41) is 0. The van der Waals surface area contributed by atoms with Crippen LogP contribution in [0.25, 0.3) is 6.08 Å². The summed E-state index contributed by atoms with van der Waals surface area (Å²) in [5.74, 6) is 0.239. The number of ether oxygens (including phenoxy) is 1. The normalized spacial score (nSPS) is 10.5. The van der Waals surface area contributed by atoms with E-state index in [-0.39, 0.29) is 0 Å². The molecule has 0 bridgehead atoms. The number of furan rings is 1. The summed E-state index contributed by atoms with van der Waals surface area (Å²) in [6.07, 6.45) is 4.25. The molecular weight excluding hydrogens is 352 g/mol. The Morgan fingerprint density at radius 1 is 1.27 bits per heavy atom. The Bertz CT molecular complexity index is 696. The first-order valence-corrected chi connectivity index (χ1v) is 7.05. The van der Waals surface area contributed by atoms with Gasteiger partial charge in [-0.25, -0.2) is 0 Å². The van der Waals surface area contributed by atoms with Crippen molar-refractivity contribution in [2.45, 2.75) is 0 Å². The molecule has 1 aromatic carbocycles. The van der Waals surface area contributed by atoms with Crippen LogP contribution in [0.2, 0.25) is 0 Å². The van der Waals surface area contributed by atoms with E-state index in [1.165, 1.54) is 25.5 Å². The number of halogens is 1. The van der Waals surface area contributed by atoms with E-state index in [1.54, 1.807) is 30.3 Å². The predicted octanol–water partition coefficient (Wildman–Crippen LogP) is 2.53. The molecule has 0 aliphatic carbocycles. The van der Waals surface area contributed by atoms with E-state index in [0.29, 0.717) is 21.5 Å². The molecule has 0 aliphatic heterocycles. The maximum Gasteiger partial charge on any atom is 0.269 e. The zero-order chi connectivity index (χ0) is 15.9. The molecule has 0 spiro atoms. The second-order valence-corrected chi connectivity index (χ2v) is 5.00. The third kappa shape index (κ3) is 4.23. The molecule has 2 aromatic rings. The average molecular weight is 365 g/mol. The minimum Gasteiger partial charge on any atom is -0.496 e. The highest BCUT2D eigenvalue weighted by molar-refractivity contribution is 9.10. The third-order valence-electron chi connectivity index (χ3n) is 2.66. The molecule has 0 fully saturated rings. The van der Waals surface area contributed by atoms with Gasteiger partial charge in [0.05, 0.1) is 17.8 Å². The second kappa shape index (κ2) is 7.46. The molecule has 114 valence electrons. The number of carbonyl (C=O) groups excluding carboxylic acids is 2. The predicted molar refractivity (Wildman–Crippen MR) is 84.0 cm³/mol. The number of hydrogen-bond acceptors (Lipinski definition) is 4. The van der Waals surface area contributed by atoms with E-state index in [2.05, 4.69) is 26.8 Å². The molecule has 1 aromatic heterocycles. The van der Waals surface area contributed by atoms with Crippen molar-refractivity contribution in [3.8, 4) is 5.75 Å². The minimum atomic E-state index is -0.475. The second-order valence-electron chi connectivity index (χ2n) is 4.14. The van der Waals surface area contributed by atoms with E-state index < -0.39 is 11.8 Å². The molecule has 6 nitrogen and oxygen atoms in total. The van der Waals surface area contributed by atoms with Gasteiger partial charge in [0.1, 0.15) is 11.5 Å². The van der Waals surface area contributed by atoms with Crippen LogP contribution >= 0.6 is 15.9 Å². The van der Waals surface area contributed by atoms with Gasteiger partial charge in [-0.2, -0.15) is 0 Å². The van der Waals surface area contributed by atoms with Crippen molar-refractivity contribution in [1.82, 2.24) is 10.9 Å². The Morgan fingerprint density at radius 2 is 2.09 bits per heavy atom. The van der Waals surface area contributed by atoms with Crippen LogP contribution in [0.3, 0.4) is 0 Å². The lowest BCUT2D eigenvalue weighted by Crippen LogP contribution is -2.40. The number of hydrogen-bond donors (Lipinski definition) is 2. The van der Waals surface area contributed by atoms with Crippen LogP contribution in [-0.4, -0.2) is 18.9 Å². The van der Waals surface area contributed by atoms with Gasteiger partial charge in [0.2, 0.25) is 0 Å². The summed E-state index contributed by atoms with van der Waals surface area (Å²) < 4.78 is 10.8. The molecule has 2 rings (SSSR count). The van der Waals surface area contributed by atoms with E-state index in [0.717, 1.165) is 0 Å². The van der Waals surface area contributed by atoms with Crippen LogP contribution in [0.15, 0.2) is 51.6 Å². The Kier molecular flexibility index (Phi) is 5.37. The number of nitrogens with one attached hydrogen (secondary N) is 2. The molecule has 0 radical (unpaired) electrons. The van der Waals surface area contributed by atoms with Crippen molar-refractivity contribution in [1.29, 1.82) is 0 Å². The molecule has 0 atom stereocenters. The van der Waals surface area contributed by atoms with E-state index in [4.69, 9.17) is 9.15 Å². The Hall–Kier alpha value is -2.54. The van der Waals surface area contributed by atoms with Gasteiger partial charge in [0.25, 0.3) is 11.8 Å². The Balaban J connectivity index is 1.89. The Labute approximate surface area is 135 Å². The summed E-state index contributed by atoms with van der Waals surface area (Å²) in [6.45, 7) is 0. The van der Waals surface area contributed by atoms with Crippen LogP contribution in [0, 0.1) is 0 Å². The highest BCUT2D eigenvalue weighted by Crippen LogP contribution is 2.25. The van der Waals surface area contributed by atoms with Crippen LogP contribution in [-0.2, 0) is 4.79 Å². The number of hydrazine groups is 1. The molecule has 2 N–H and O–H groups in total. The maximum atomic E-state index is 11.9. The van der Waals surface area contributed by atoms with Gasteiger partial charge < -0.3 is 9.15 Å². The lowest BCUT2D eigenvalue weighted by atomic mass is 10.2. The summed E-state index contributed by atoms with van der Waals surface area (Å²) in [7, 11) is 1.53. The van der Waals surface area contributed by atoms with Gasteiger partial charge >= 0.3 is 0 Å². The first-order valence-electron chi connectivity index (χ1n) is 6.25. The summed E-state index contributed by atoms with van der Waals surface area (Å²) in [4.78, 5) is 23.5. The highest BCUT2D eigenvalue weighted by atomic mass is 79.9. The lowest BCUT2D eigenvalue weighted by Gasteiger charge is -2.07. The van der Waals surface area contributed by atoms with Gasteiger partial charge in [0.15, 0.2) is 0 Å². The van der Waals surface area contributed by atoms with E-state index in [9.17, 15) is 9.59 Å². The number of rotatable bonds is 4. The molecular formula is C15H13BrN2O4. The van der Waals surface area contributed by atoms with Crippen molar-refractivity contribution in [3.05, 3.63) is 58.5 Å². The quantitative estimate of drug-likeness (QED) is 0.645. The van der Waals surface area contributed by atoms with Crippen molar-refractivity contribution >= 4 is 33.8 Å². The average Bonchev–Trinajstić information content (AvgIpc) is 3.03. The molecule has 2 amide bonds. The zero-order valence-corrected chi connectivity index (χ0v) is 13.2. The van der Waals surface area contributed by atoms with Gasteiger partial charge in [-0.3, -0.25) is 20.4 Å². The summed E-state index contributed by atoms with van der Waals surface area (Å²) >= 11 is 3.29. The smallest absolute Gasteiger partial charge is 0.269 e. The van der Waals surface area contributed by atoms with Gasteiger partial charge in [-0.15, -0.1) is 0 Å². The minimum absolute atomic E-state index is 0.378. The van der Waals surface area contributed by atoms with Crippen LogP contribution in [0.1, 0.15) is 16.1 Å². The van der Waals surface area contributed by atoms with E-state index >= 15 is 0 Å². The SMILES string of the molecule is COc1ccc(C(=O)NNC(=O)C=Cc2ccco2)cc1Br. The molecule has 22 heavy (non-hydrogen) atoms. The van der Waals surface area contributed by atoms with Gasteiger partial charge in [0, 0.05) is 11.6 Å². The van der Waals surface area contributed by atoms with Crippen LogP contribution < -0.4 is 15.6 Å². The van der Waals surface area contributed by atoms with Gasteiger partial charge in [-0.1, -0.05) is 0 Å².